The predicted octanol–water partition coefficient (Wildman–Crippen LogP) is 2.44. The summed E-state index contributed by atoms with van der Waals surface area (Å²) in [5.74, 6) is 1.85. The van der Waals surface area contributed by atoms with E-state index in [1.54, 1.807) is 6.20 Å². The molecule has 3 rings (SSSR count). The Labute approximate surface area is 160 Å². The highest BCUT2D eigenvalue weighted by molar-refractivity contribution is 5.86. The molecule has 2 aromatic rings. The fourth-order valence-electron chi connectivity index (χ4n) is 3.06. The molecular weight excluding hydrogens is 354 g/mol. The van der Waals surface area contributed by atoms with E-state index in [4.69, 9.17) is 0 Å². The molecule has 1 aliphatic rings. The normalized spacial score (nSPS) is 19.7. The lowest BCUT2D eigenvalue weighted by Crippen LogP contribution is -2.36. The quantitative estimate of drug-likeness (QED) is 0.701. The van der Waals surface area contributed by atoms with Gasteiger partial charge in [0.15, 0.2) is 5.82 Å². The number of hydrogen-bond acceptors (Lipinski definition) is 8. The molecule has 3 N–H and O–H groups in total. The summed E-state index contributed by atoms with van der Waals surface area (Å²) in [6, 6.07) is 0.000388. The maximum atomic E-state index is 10.1. The second-order valence-electron chi connectivity index (χ2n) is 6.72. The second-order valence-corrected chi connectivity index (χ2v) is 6.72. The van der Waals surface area contributed by atoms with Crippen LogP contribution in [0.5, 0.6) is 0 Å². The van der Waals surface area contributed by atoms with Crippen molar-refractivity contribution in [1.82, 2.24) is 19.9 Å². The number of rotatable bonds is 6. The van der Waals surface area contributed by atoms with Gasteiger partial charge in [-0.15, -0.1) is 12.4 Å². The Balaban J connectivity index is 0.00000243. The number of hydrogen-bond donors (Lipinski definition) is 3. The minimum Gasteiger partial charge on any atom is -0.391 e. The van der Waals surface area contributed by atoms with E-state index in [9.17, 15) is 5.11 Å². The van der Waals surface area contributed by atoms with Crippen molar-refractivity contribution in [2.45, 2.75) is 51.2 Å². The number of nitrogens with one attached hydrogen (secondary N) is 2. The molecule has 0 radical (unpaired) electrons. The molecule has 0 bridgehead atoms. The Bertz CT molecular complexity index is 728. The lowest BCUT2D eigenvalue weighted by molar-refractivity contribution is 0.116. The molecule has 1 fully saturated rings. The summed E-state index contributed by atoms with van der Waals surface area (Å²) >= 11 is 0. The maximum absolute atomic E-state index is 10.1. The third-order valence-corrected chi connectivity index (χ3v) is 4.42. The van der Waals surface area contributed by atoms with Gasteiger partial charge in [0.05, 0.1) is 18.3 Å². The SMILES string of the molecule is CCCNc1nc(N(C)C)c2nc(N[C@H]3CCCC[C@H]3O)ncc2n1.Cl. The fourth-order valence-corrected chi connectivity index (χ4v) is 3.06. The molecule has 0 unspecified atom stereocenters. The topological polar surface area (TPSA) is 99.1 Å². The van der Waals surface area contributed by atoms with Gasteiger partial charge in [-0.1, -0.05) is 19.8 Å². The standard InChI is InChI=1S/C17H27N7O.ClH/c1-4-9-18-16-21-12-10-19-17(20-11-7-5-6-8-13(11)25)22-14(12)15(23-16)24(2)3;/h10-11,13,25H,4-9H2,1-3H3,(H,18,21,23)(H,19,20,22);1H/t11-,13+;/m0./s1. The largest absolute Gasteiger partial charge is 0.391 e. The summed E-state index contributed by atoms with van der Waals surface area (Å²) in [5, 5.41) is 16.6. The van der Waals surface area contributed by atoms with Crippen molar-refractivity contribution in [2.24, 2.45) is 0 Å². The van der Waals surface area contributed by atoms with Gasteiger partial charge in [-0.2, -0.15) is 4.98 Å². The van der Waals surface area contributed by atoms with Gasteiger partial charge in [-0.3, -0.25) is 0 Å². The number of halogens is 1. The lowest BCUT2D eigenvalue weighted by atomic mass is 9.93. The van der Waals surface area contributed by atoms with Gasteiger partial charge in [0.25, 0.3) is 0 Å². The maximum Gasteiger partial charge on any atom is 0.225 e. The van der Waals surface area contributed by atoms with E-state index in [1.165, 1.54) is 0 Å². The first-order valence-electron chi connectivity index (χ1n) is 8.99. The van der Waals surface area contributed by atoms with Crippen LogP contribution in [0, 0.1) is 0 Å². The molecule has 0 aromatic carbocycles. The molecule has 1 aliphatic carbocycles. The van der Waals surface area contributed by atoms with Crippen LogP contribution in [-0.4, -0.2) is 57.8 Å². The van der Waals surface area contributed by atoms with Crippen LogP contribution in [0.3, 0.4) is 0 Å². The molecule has 2 heterocycles. The predicted molar refractivity (Wildman–Crippen MR) is 107 cm³/mol. The van der Waals surface area contributed by atoms with Crippen molar-refractivity contribution in [3.05, 3.63) is 6.20 Å². The lowest BCUT2D eigenvalue weighted by Gasteiger charge is -2.28. The highest BCUT2D eigenvalue weighted by atomic mass is 35.5. The van der Waals surface area contributed by atoms with Crippen molar-refractivity contribution in [1.29, 1.82) is 0 Å². The summed E-state index contributed by atoms with van der Waals surface area (Å²) < 4.78 is 0. The van der Waals surface area contributed by atoms with E-state index in [0.29, 0.717) is 22.9 Å². The van der Waals surface area contributed by atoms with E-state index in [2.05, 4.69) is 37.5 Å². The summed E-state index contributed by atoms with van der Waals surface area (Å²) in [4.78, 5) is 20.0. The number of nitrogens with zero attached hydrogens (tertiary/aromatic N) is 5. The minimum absolute atomic E-state index is 0. The number of fused-ring (bicyclic) bond motifs is 1. The molecule has 1 saturated carbocycles. The highest BCUT2D eigenvalue weighted by Gasteiger charge is 2.24. The van der Waals surface area contributed by atoms with Crippen LogP contribution in [0.1, 0.15) is 39.0 Å². The van der Waals surface area contributed by atoms with E-state index < -0.39 is 0 Å². The van der Waals surface area contributed by atoms with Crippen molar-refractivity contribution < 1.29 is 5.11 Å². The van der Waals surface area contributed by atoms with Gasteiger partial charge in [0.2, 0.25) is 11.9 Å². The Morgan fingerprint density at radius 2 is 1.92 bits per heavy atom. The van der Waals surface area contributed by atoms with Gasteiger partial charge in [-0.25, -0.2) is 15.0 Å². The van der Waals surface area contributed by atoms with Crippen LogP contribution in [0.4, 0.5) is 17.7 Å². The summed E-state index contributed by atoms with van der Waals surface area (Å²) in [5.41, 5.74) is 1.40. The van der Waals surface area contributed by atoms with Crippen molar-refractivity contribution in [3.63, 3.8) is 0 Å². The van der Waals surface area contributed by atoms with Crippen molar-refractivity contribution >= 4 is 41.2 Å². The fraction of sp³-hybridized carbons (Fsp3) is 0.647. The highest BCUT2D eigenvalue weighted by Crippen LogP contribution is 2.25. The van der Waals surface area contributed by atoms with E-state index in [0.717, 1.165) is 44.5 Å². The van der Waals surface area contributed by atoms with Gasteiger partial charge in [0.1, 0.15) is 11.0 Å². The van der Waals surface area contributed by atoms with Gasteiger partial charge >= 0.3 is 0 Å². The number of aliphatic hydroxyl groups is 1. The van der Waals surface area contributed by atoms with Crippen LogP contribution >= 0.6 is 12.4 Å². The first kappa shape index (κ1) is 20.4. The molecule has 0 saturated heterocycles. The second kappa shape index (κ2) is 9.14. The van der Waals surface area contributed by atoms with E-state index in [-0.39, 0.29) is 24.6 Å². The molecule has 0 aliphatic heterocycles. The Kier molecular flexibility index (Phi) is 7.16. The smallest absolute Gasteiger partial charge is 0.225 e. The molecular formula is C17H28ClN7O. The molecule has 2 atom stereocenters. The average molecular weight is 382 g/mol. The zero-order valence-corrected chi connectivity index (χ0v) is 16.4. The van der Waals surface area contributed by atoms with Gasteiger partial charge in [-0.05, 0) is 19.3 Å². The monoisotopic (exact) mass is 381 g/mol. The first-order valence-corrected chi connectivity index (χ1v) is 8.99. The summed E-state index contributed by atoms with van der Waals surface area (Å²) in [6.07, 6.45) is 6.31. The Hall–Kier alpha value is -1.93. The molecule has 9 heteroatoms. The van der Waals surface area contributed by atoms with Gasteiger partial charge in [0, 0.05) is 20.6 Å². The van der Waals surface area contributed by atoms with Gasteiger partial charge < -0.3 is 20.6 Å². The first-order chi connectivity index (χ1) is 12.1. The molecule has 26 heavy (non-hydrogen) atoms. The van der Waals surface area contributed by atoms with Crippen LogP contribution in [-0.2, 0) is 0 Å². The van der Waals surface area contributed by atoms with E-state index in [1.807, 2.05) is 19.0 Å². The molecule has 8 nitrogen and oxygen atoms in total. The average Bonchev–Trinajstić information content (AvgIpc) is 2.61. The van der Waals surface area contributed by atoms with Crippen LogP contribution in [0.25, 0.3) is 11.0 Å². The Morgan fingerprint density at radius 3 is 2.62 bits per heavy atom. The molecule has 0 spiro atoms. The molecule has 144 valence electrons. The zero-order chi connectivity index (χ0) is 17.8. The van der Waals surface area contributed by atoms with Crippen molar-refractivity contribution in [3.8, 4) is 0 Å². The third-order valence-electron chi connectivity index (χ3n) is 4.42. The number of aliphatic hydroxyl groups excluding tert-OH is 1. The van der Waals surface area contributed by atoms with Crippen molar-refractivity contribution in [2.75, 3.05) is 36.2 Å². The number of aromatic nitrogens is 4. The van der Waals surface area contributed by atoms with E-state index >= 15 is 0 Å². The molecule has 2 aromatic heterocycles. The minimum atomic E-state index is -0.349. The Morgan fingerprint density at radius 1 is 1.15 bits per heavy atom. The number of anilines is 3. The zero-order valence-electron chi connectivity index (χ0n) is 15.6. The summed E-state index contributed by atoms with van der Waals surface area (Å²) in [6.45, 7) is 2.92. The third kappa shape index (κ3) is 4.62. The van der Waals surface area contributed by atoms with Crippen LogP contribution in [0.15, 0.2) is 6.20 Å². The molecule has 0 amide bonds. The van der Waals surface area contributed by atoms with Crippen LogP contribution in [0.2, 0.25) is 0 Å². The summed E-state index contributed by atoms with van der Waals surface area (Å²) in [7, 11) is 3.87. The van der Waals surface area contributed by atoms with Crippen LogP contribution < -0.4 is 15.5 Å².